The van der Waals surface area contributed by atoms with Gasteiger partial charge >= 0.3 is 0 Å². The number of carbonyl (C=O) groups excluding carboxylic acids is 2. The maximum Gasteiger partial charge on any atom is 0.256 e. The molecule has 4 heteroatoms. The highest BCUT2D eigenvalue weighted by Gasteiger charge is 2.79. The molecule has 30 heavy (non-hydrogen) atoms. The second kappa shape index (κ2) is 6.05. The van der Waals surface area contributed by atoms with Crippen LogP contribution < -0.4 is 4.90 Å². The molecule has 4 nitrogen and oxygen atoms in total. The second-order valence-electron chi connectivity index (χ2n) is 8.55. The van der Waals surface area contributed by atoms with E-state index in [0.29, 0.717) is 6.54 Å². The summed E-state index contributed by atoms with van der Waals surface area (Å²) in [4.78, 5) is 31.2. The molecule has 0 N–H and O–H groups in total. The lowest BCUT2D eigenvalue weighted by molar-refractivity contribution is -0.140. The minimum Gasteiger partial charge on any atom is -0.359 e. The number of imide groups is 1. The smallest absolute Gasteiger partial charge is 0.256 e. The van der Waals surface area contributed by atoms with Crippen LogP contribution in [0.15, 0.2) is 84.9 Å². The van der Waals surface area contributed by atoms with E-state index in [9.17, 15) is 9.59 Å². The van der Waals surface area contributed by atoms with Crippen LogP contribution in [0.2, 0.25) is 0 Å². The van der Waals surface area contributed by atoms with Crippen molar-refractivity contribution in [3.8, 4) is 0 Å². The molecule has 6 rings (SSSR count). The summed E-state index contributed by atoms with van der Waals surface area (Å²) in [5.74, 6) is -0.470. The highest BCUT2D eigenvalue weighted by Crippen LogP contribution is 2.71. The maximum atomic E-state index is 13.9. The number of para-hydroxylation sites is 1. The first-order valence-corrected chi connectivity index (χ1v) is 10.4. The number of likely N-dealkylation sites (N-methyl/N-ethyl adjacent to an activating group) is 1. The number of amides is 2. The molecule has 0 aromatic heterocycles. The van der Waals surface area contributed by atoms with Crippen LogP contribution in [0.3, 0.4) is 0 Å². The predicted octanol–water partition coefficient (Wildman–Crippen LogP) is 3.94. The van der Waals surface area contributed by atoms with Crippen LogP contribution in [-0.4, -0.2) is 29.3 Å². The van der Waals surface area contributed by atoms with Crippen molar-refractivity contribution in [1.82, 2.24) is 4.90 Å². The fraction of sp³-hybridized carbons (Fsp3) is 0.231. The first-order valence-electron chi connectivity index (χ1n) is 10.4. The molecule has 1 saturated heterocycles. The van der Waals surface area contributed by atoms with Crippen molar-refractivity contribution in [3.63, 3.8) is 0 Å². The summed E-state index contributed by atoms with van der Waals surface area (Å²) in [5.41, 5.74) is 3.54. The van der Waals surface area contributed by atoms with Crippen molar-refractivity contribution >= 4 is 17.5 Å². The maximum absolute atomic E-state index is 13.9. The van der Waals surface area contributed by atoms with E-state index in [1.54, 1.807) is 0 Å². The summed E-state index contributed by atoms with van der Waals surface area (Å²) in [6.07, 6.45) is 0. The van der Waals surface area contributed by atoms with Crippen LogP contribution >= 0.6 is 0 Å². The molecule has 0 radical (unpaired) electrons. The molecule has 148 valence electrons. The molecule has 1 spiro atoms. The first-order chi connectivity index (χ1) is 14.7. The van der Waals surface area contributed by atoms with Gasteiger partial charge in [-0.3, -0.25) is 14.5 Å². The SMILES string of the molecule is CN1c2ccccc2C2C(c3ccccc3)C3C(=O)N(Cc4ccccc4)C(=O)C321. The molecular formula is C26H22N2O2. The van der Waals surface area contributed by atoms with Crippen molar-refractivity contribution < 1.29 is 9.59 Å². The summed E-state index contributed by atoms with van der Waals surface area (Å²) < 4.78 is 0. The van der Waals surface area contributed by atoms with Gasteiger partial charge in [0.25, 0.3) is 5.91 Å². The number of hydrogen-bond donors (Lipinski definition) is 0. The lowest BCUT2D eigenvalue weighted by Crippen LogP contribution is -2.67. The number of rotatable bonds is 3. The second-order valence-corrected chi connectivity index (χ2v) is 8.55. The van der Waals surface area contributed by atoms with E-state index in [-0.39, 0.29) is 29.6 Å². The standard InChI is InChI=1S/C26H22N2O2/c1-27-20-15-9-8-14-19(20)22-21(18-12-6-3-7-13-18)23-24(29)28(25(30)26(22,23)27)16-17-10-4-2-5-11-17/h2-15,21-23H,16H2,1H3. The molecule has 3 aromatic carbocycles. The Morgan fingerprint density at radius 1 is 0.800 bits per heavy atom. The first kappa shape index (κ1) is 17.5. The van der Waals surface area contributed by atoms with E-state index in [4.69, 9.17) is 0 Å². The van der Waals surface area contributed by atoms with E-state index in [2.05, 4.69) is 29.2 Å². The van der Waals surface area contributed by atoms with Gasteiger partial charge in [0.1, 0.15) is 5.54 Å². The van der Waals surface area contributed by atoms with Gasteiger partial charge in [-0.2, -0.15) is 0 Å². The fourth-order valence-electron chi connectivity index (χ4n) is 6.13. The zero-order chi connectivity index (χ0) is 20.5. The van der Waals surface area contributed by atoms with E-state index in [1.807, 2.05) is 67.7 Å². The van der Waals surface area contributed by atoms with Gasteiger partial charge in [-0.15, -0.1) is 0 Å². The molecule has 0 bridgehead atoms. The molecular weight excluding hydrogens is 372 g/mol. The molecule has 3 aliphatic rings. The predicted molar refractivity (Wildman–Crippen MR) is 115 cm³/mol. The van der Waals surface area contributed by atoms with E-state index in [0.717, 1.165) is 16.8 Å². The topological polar surface area (TPSA) is 40.6 Å². The average Bonchev–Trinajstić information content (AvgIpc) is 3.08. The highest BCUT2D eigenvalue weighted by molar-refractivity contribution is 6.16. The van der Waals surface area contributed by atoms with Gasteiger partial charge in [0, 0.05) is 24.6 Å². The van der Waals surface area contributed by atoms with E-state index >= 15 is 0 Å². The summed E-state index contributed by atoms with van der Waals surface area (Å²) >= 11 is 0. The van der Waals surface area contributed by atoms with Crippen molar-refractivity contribution in [2.24, 2.45) is 5.92 Å². The van der Waals surface area contributed by atoms with Crippen LogP contribution in [-0.2, 0) is 16.1 Å². The number of nitrogens with zero attached hydrogens (tertiary/aromatic N) is 2. The third kappa shape index (κ3) is 1.96. The average molecular weight is 394 g/mol. The van der Waals surface area contributed by atoms with Crippen LogP contribution in [0.25, 0.3) is 0 Å². The van der Waals surface area contributed by atoms with Gasteiger partial charge in [-0.1, -0.05) is 78.9 Å². The molecule has 2 amide bonds. The van der Waals surface area contributed by atoms with Crippen LogP contribution in [0, 0.1) is 5.92 Å². The monoisotopic (exact) mass is 394 g/mol. The summed E-state index contributed by atoms with van der Waals surface area (Å²) in [6, 6.07) is 28.2. The van der Waals surface area contributed by atoms with Gasteiger partial charge in [-0.25, -0.2) is 0 Å². The largest absolute Gasteiger partial charge is 0.359 e. The minimum atomic E-state index is -0.809. The third-order valence-electron chi connectivity index (χ3n) is 7.34. The summed E-state index contributed by atoms with van der Waals surface area (Å²) in [6.45, 7) is 0.329. The summed E-state index contributed by atoms with van der Waals surface area (Å²) in [5, 5.41) is 0. The number of benzene rings is 3. The van der Waals surface area contributed by atoms with Crippen LogP contribution in [0.1, 0.15) is 28.5 Å². The Kier molecular flexibility index (Phi) is 3.52. The minimum absolute atomic E-state index is 0.00882. The van der Waals surface area contributed by atoms with Gasteiger partial charge in [-0.05, 0) is 22.8 Å². The number of carbonyl (C=O) groups is 2. The van der Waals surface area contributed by atoms with E-state index in [1.165, 1.54) is 10.5 Å². The third-order valence-corrected chi connectivity index (χ3v) is 7.34. The Bertz CT molecular complexity index is 1160. The molecule has 2 heterocycles. The van der Waals surface area contributed by atoms with Crippen LogP contribution in [0.5, 0.6) is 0 Å². The Labute approximate surface area is 175 Å². The molecule has 2 fully saturated rings. The Hall–Kier alpha value is -3.40. The molecule has 4 unspecified atom stereocenters. The van der Waals surface area contributed by atoms with Gasteiger partial charge in [0.05, 0.1) is 12.5 Å². The summed E-state index contributed by atoms with van der Waals surface area (Å²) in [7, 11) is 1.98. The molecule has 1 aliphatic carbocycles. The lowest BCUT2D eigenvalue weighted by atomic mass is 9.50. The number of likely N-dealkylation sites (tertiary alicyclic amines) is 1. The normalized spacial score (nSPS) is 28.8. The van der Waals surface area contributed by atoms with Crippen LogP contribution in [0.4, 0.5) is 5.69 Å². The quantitative estimate of drug-likeness (QED) is 0.632. The highest BCUT2D eigenvalue weighted by atomic mass is 16.2. The Balaban J connectivity index is 1.50. The lowest BCUT2D eigenvalue weighted by Gasteiger charge is -2.54. The molecule has 2 aliphatic heterocycles. The Morgan fingerprint density at radius 3 is 2.17 bits per heavy atom. The van der Waals surface area contributed by atoms with Gasteiger partial charge in [0.2, 0.25) is 5.91 Å². The zero-order valence-corrected chi connectivity index (χ0v) is 16.7. The van der Waals surface area contributed by atoms with Gasteiger partial charge < -0.3 is 4.90 Å². The van der Waals surface area contributed by atoms with Crippen molar-refractivity contribution in [2.45, 2.75) is 23.9 Å². The number of anilines is 1. The Morgan fingerprint density at radius 2 is 1.43 bits per heavy atom. The van der Waals surface area contributed by atoms with Crippen molar-refractivity contribution in [2.75, 3.05) is 11.9 Å². The fourth-order valence-corrected chi connectivity index (χ4v) is 6.13. The zero-order valence-electron chi connectivity index (χ0n) is 16.7. The molecule has 3 aromatic rings. The number of hydrogen-bond acceptors (Lipinski definition) is 3. The molecule has 1 saturated carbocycles. The van der Waals surface area contributed by atoms with Gasteiger partial charge in [0.15, 0.2) is 0 Å². The van der Waals surface area contributed by atoms with Crippen molar-refractivity contribution in [1.29, 1.82) is 0 Å². The number of fused-ring (bicyclic) bond motifs is 2. The van der Waals surface area contributed by atoms with Crippen molar-refractivity contribution in [3.05, 3.63) is 102 Å². The van der Waals surface area contributed by atoms with E-state index < -0.39 is 5.54 Å². The molecule has 4 atom stereocenters.